The second-order valence-electron chi connectivity index (χ2n) is 5.04. The van der Waals surface area contributed by atoms with Gasteiger partial charge in [-0.1, -0.05) is 6.07 Å². The summed E-state index contributed by atoms with van der Waals surface area (Å²) in [6, 6.07) is 6.14. The molecule has 0 aliphatic heterocycles. The van der Waals surface area contributed by atoms with Crippen LogP contribution in [0.15, 0.2) is 28.9 Å². The number of H-pyrrole nitrogens is 1. The van der Waals surface area contributed by atoms with E-state index in [4.69, 9.17) is 0 Å². The zero-order chi connectivity index (χ0) is 17.1. The van der Waals surface area contributed by atoms with E-state index in [-0.39, 0.29) is 12.4 Å². The number of nitriles is 1. The van der Waals surface area contributed by atoms with Crippen molar-refractivity contribution < 1.29 is 9.53 Å². The molecular formula is C16H14N4O2S2. The van der Waals surface area contributed by atoms with Gasteiger partial charge in [0.25, 0.3) is 0 Å². The summed E-state index contributed by atoms with van der Waals surface area (Å²) in [6.07, 6.45) is 3.62. The SMILES string of the molecule is COC(=O)Cc1cnc(SNc2ccc(C)c3c(C#N)c[nH]c23)s1. The second-order valence-corrected chi connectivity index (χ2v) is 7.21. The maximum absolute atomic E-state index is 11.3. The van der Waals surface area contributed by atoms with Crippen LogP contribution in [0.1, 0.15) is 16.0 Å². The fourth-order valence-corrected chi connectivity index (χ4v) is 4.04. The van der Waals surface area contributed by atoms with Crippen molar-refractivity contribution in [2.75, 3.05) is 11.8 Å². The molecule has 0 saturated heterocycles. The molecule has 2 heterocycles. The van der Waals surface area contributed by atoms with Gasteiger partial charge < -0.3 is 14.4 Å². The lowest BCUT2D eigenvalue weighted by Gasteiger charge is -2.06. The van der Waals surface area contributed by atoms with Crippen LogP contribution >= 0.6 is 23.3 Å². The quantitative estimate of drug-likeness (QED) is 0.534. The number of carbonyl (C=O) groups excluding carboxylic acids is 1. The largest absolute Gasteiger partial charge is 0.469 e. The van der Waals surface area contributed by atoms with E-state index in [1.54, 1.807) is 12.4 Å². The Morgan fingerprint density at radius 3 is 3.12 bits per heavy atom. The number of fused-ring (bicyclic) bond motifs is 1. The highest BCUT2D eigenvalue weighted by Gasteiger charge is 2.12. The van der Waals surface area contributed by atoms with Crippen molar-refractivity contribution in [3.63, 3.8) is 0 Å². The first-order valence-electron chi connectivity index (χ1n) is 7.07. The van der Waals surface area contributed by atoms with E-state index in [2.05, 4.69) is 25.5 Å². The number of aromatic amines is 1. The predicted octanol–water partition coefficient (Wildman–Crippen LogP) is 3.64. The van der Waals surface area contributed by atoms with Crippen molar-refractivity contribution in [1.82, 2.24) is 9.97 Å². The lowest BCUT2D eigenvalue weighted by molar-refractivity contribution is -0.139. The van der Waals surface area contributed by atoms with Crippen molar-refractivity contribution in [3.8, 4) is 6.07 Å². The Kier molecular flexibility index (Phi) is 4.74. The van der Waals surface area contributed by atoms with Crippen molar-refractivity contribution in [3.05, 3.63) is 40.5 Å². The average Bonchev–Trinajstić information content (AvgIpc) is 3.21. The number of anilines is 1. The molecule has 1 aromatic carbocycles. The summed E-state index contributed by atoms with van der Waals surface area (Å²) in [6.45, 7) is 1.98. The minimum absolute atomic E-state index is 0.228. The molecule has 0 unspecified atom stereocenters. The van der Waals surface area contributed by atoms with E-state index in [0.717, 1.165) is 31.4 Å². The lowest BCUT2D eigenvalue weighted by Crippen LogP contribution is -2.02. The van der Waals surface area contributed by atoms with E-state index < -0.39 is 0 Å². The summed E-state index contributed by atoms with van der Waals surface area (Å²) in [4.78, 5) is 19.6. The molecule has 0 aliphatic rings. The van der Waals surface area contributed by atoms with Gasteiger partial charge in [0.1, 0.15) is 6.07 Å². The maximum atomic E-state index is 11.3. The van der Waals surface area contributed by atoms with Crippen LogP contribution in [0.25, 0.3) is 10.9 Å². The minimum Gasteiger partial charge on any atom is -0.469 e. The Morgan fingerprint density at radius 2 is 2.38 bits per heavy atom. The predicted molar refractivity (Wildman–Crippen MR) is 95.1 cm³/mol. The first-order chi connectivity index (χ1) is 11.6. The third-order valence-corrected chi connectivity index (χ3v) is 5.39. The molecule has 6 nitrogen and oxygen atoms in total. The maximum Gasteiger partial charge on any atom is 0.310 e. The molecule has 3 aromatic rings. The zero-order valence-electron chi connectivity index (χ0n) is 13.0. The number of ether oxygens (including phenoxy) is 1. The molecular weight excluding hydrogens is 344 g/mol. The Labute approximate surface area is 147 Å². The van der Waals surface area contributed by atoms with E-state index in [0.29, 0.717) is 5.56 Å². The van der Waals surface area contributed by atoms with Crippen molar-refractivity contribution in [2.45, 2.75) is 17.7 Å². The first kappa shape index (κ1) is 16.4. The average molecular weight is 358 g/mol. The zero-order valence-corrected chi connectivity index (χ0v) is 14.7. The molecule has 3 rings (SSSR count). The third kappa shape index (κ3) is 3.22. The van der Waals surface area contributed by atoms with Gasteiger partial charge in [-0.25, -0.2) is 4.98 Å². The number of nitrogens with one attached hydrogen (secondary N) is 2. The molecule has 0 radical (unpaired) electrons. The summed E-state index contributed by atoms with van der Waals surface area (Å²) in [5.41, 5.74) is 3.45. The van der Waals surface area contributed by atoms with E-state index in [1.807, 2.05) is 19.1 Å². The number of nitrogens with zero attached hydrogens (tertiary/aromatic N) is 2. The molecule has 24 heavy (non-hydrogen) atoms. The van der Waals surface area contributed by atoms with Gasteiger partial charge in [-0.15, -0.1) is 11.3 Å². The van der Waals surface area contributed by atoms with Crippen LogP contribution in [0.2, 0.25) is 0 Å². The Balaban J connectivity index is 1.77. The molecule has 0 spiro atoms. The molecule has 2 aromatic heterocycles. The molecule has 8 heteroatoms. The third-order valence-electron chi connectivity index (χ3n) is 3.49. The number of aromatic nitrogens is 2. The summed E-state index contributed by atoms with van der Waals surface area (Å²) >= 11 is 2.81. The van der Waals surface area contributed by atoms with Crippen LogP contribution in [-0.2, 0) is 16.0 Å². The first-order valence-corrected chi connectivity index (χ1v) is 8.71. The van der Waals surface area contributed by atoms with Gasteiger partial charge in [-0.2, -0.15) is 5.26 Å². The number of aryl methyl sites for hydroxylation is 1. The number of rotatable bonds is 5. The van der Waals surface area contributed by atoms with Gasteiger partial charge in [0.05, 0.1) is 30.3 Å². The number of methoxy groups -OCH3 is 1. The van der Waals surface area contributed by atoms with Crippen molar-refractivity contribution in [1.29, 1.82) is 5.26 Å². The molecule has 0 fully saturated rings. The van der Waals surface area contributed by atoms with E-state index in [9.17, 15) is 10.1 Å². The number of thiazole rings is 1. The topological polar surface area (TPSA) is 90.8 Å². The van der Waals surface area contributed by atoms with E-state index >= 15 is 0 Å². The number of hydrogen-bond donors (Lipinski definition) is 2. The van der Waals surface area contributed by atoms with Crippen LogP contribution in [0.3, 0.4) is 0 Å². The molecule has 0 aliphatic carbocycles. The standard InChI is InChI=1S/C16H14N4O2S2/c1-9-3-4-12(15-14(9)10(6-17)7-18-15)20-24-16-19-8-11(23-16)5-13(21)22-2/h3-4,7-8,18,20H,5H2,1-2H3. The summed E-state index contributed by atoms with van der Waals surface area (Å²) in [7, 11) is 1.37. The smallest absolute Gasteiger partial charge is 0.310 e. The van der Waals surface area contributed by atoms with E-state index in [1.165, 1.54) is 30.4 Å². The monoisotopic (exact) mass is 358 g/mol. The fourth-order valence-electron chi connectivity index (χ4n) is 2.33. The number of benzene rings is 1. The van der Waals surface area contributed by atoms with Gasteiger partial charge in [-0.05, 0) is 18.6 Å². The van der Waals surface area contributed by atoms with Gasteiger partial charge in [0.2, 0.25) is 0 Å². The Bertz CT molecular complexity index is 939. The summed E-state index contributed by atoms with van der Waals surface area (Å²) in [5.74, 6) is -0.279. The molecule has 0 amide bonds. The highest BCUT2D eigenvalue weighted by Crippen LogP contribution is 2.32. The molecule has 0 saturated carbocycles. The normalized spacial score (nSPS) is 10.5. The number of carbonyl (C=O) groups is 1. The Hall–Kier alpha value is -2.50. The molecule has 2 N–H and O–H groups in total. The second kappa shape index (κ2) is 6.95. The number of esters is 1. The number of hydrogen-bond acceptors (Lipinski definition) is 7. The highest BCUT2D eigenvalue weighted by atomic mass is 32.2. The molecule has 122 valence electrons. The summed E-state index contributed by atoms with van der Waals surface area (Å²) < 4.78 is 8.71. The van der Waals surface area contributed by atoms with Crippen LogP contribution in [0.5, 0.6) is 0 Å². The van der Waals surface area contributed by atoms with Crippen LogP contribution in [0.4, 0.5) is 5.69 Å². The van der Waals surface area contributed by atoms with Crippen molar-refractivity contribution >= 4 is 45.8 Å². The van der Waals surface area contributed by atoms with Crippen LogP contribution in [0, 0.1) is 18.3 Å². The minimum atomic E-state index is -0.279. The van der Waals surface area contributed by atoms with Crippen LogP contribution < -0.4 is 4.72 Å². The van der Waals surface area contributed by atoms with Gasteiger partial charge in [0, 0.05) is 34.6 Å². The highest BCUT2D eigenvalue weighted by molar-refractivity contribution is 8.02. The molecule has 0 atom stereocenters. The molecule has 0 bridgehead atoms. The van der Waals surface area contributed by atoms with Gasteiger partial charge in [0.15, 0.2) is 4.34 Å². The van der Waals surface area contributed by atoms with Gasteiger partial charge >= 0.3 is 5.97 Å². The lowest BCUT2D eigenvalue weighted by atomic mass is 10.1. The van der Waals surface area contributed by atoms with Gasteiger partial charge in [-0.3, -0.25) is 4.79 Å². The summed E-state index contributed by atoms with van der Waals surface area (Å²) in [5, 5.41) is 10.1. The Morgan fingerprint density at radius 1 is 1.54 bits per heavy atom. The van der Waals surface area contributed by atoms with Crippen LogP contribution in [-0.4, -0.2) is 23.0 Å². The van der Waals surface area contributed by atoms with Crippen molar-refractivity contribution in [2.24, 2.45) is 0 Å². The fraction of sp³-hybridized carbons (Fsp3) is 0.188.